The second-order valence-electron chi connectivity index (χ2n) is 7.37. The van der Waals surface area contributed by atoms with Crippen molar-refractivity contribution in [2.45, 2.75) is 31.6 Å². The fourth-order valence-corrected chi connectivity index (χ4v) is 4.34. The van der Waals surface area contributed by atoms with E-state index in [0.717, 1.165) is 28.2 Å². The molecule has 1 amide bonds. The lowest BCUT2D eigenvalue weighted by Gasteiger charge is -2.39. The van der Waals surface area contributed by atoms with Gasteiger partial charge in [0.1, 0.15) is 5.69 Å². The maximum atomic E-state index is 13.0. The number of piperidine rings is 1. The molecule has 2 fully saturated rings. The summed E-state index contributed by atoms with van der Waals surface area (Å²) in [6.07, 6.45) is 1.47. The molecule has 2 N–H and O–H groups in total. The van der Waals surface area contributed by atoms with Gasteiger partial charge in [-0.3, -0.25) is 9.69 Å². The zero-order chi connectivity index (χ0) is 20.6. The Morgan fingerprint density at radius 3 is 2.62 bits per heavy atom. The predicted molar refractivity (Wildman–Crippen MR) is 111 cm³/mol. The molecule has 0 radical (unpaired) electrons. The van der Waals surface area contributed by atoms with Gasteiger partial charge in [0.05, 0.1) is 32.1 Å². The van der Waals surface area contributed by atoms with Gasteiger partial charge >= 0.3 is 5.97 Å². The summed E-state index contributed by atoms with van der Waals surface area (Å²) in [5, 5.41) is 3.68. The molecule has 0 saturated carbocycles. The normalized spacial score (nSPS) is 20.1. The number of aromatic amines is 1. The minimum atomic E-state index is -0.532. The van der Waals surface area contributed by atoms with E-state index in [4.69, 9.17) is 14.2 Å². The van der Waals surface area contributed by atoms with Gasteiger partial charge in [-0.05, 0) is 25.1 Å². The Kier molecular flexibility index (Phi) is 5.65. The number of hydrogen-bond acceptors (Lipinski definition) is 6. The topological polar surface area (TPSA) is 92.9 Å². The van der Waals surface area contributed by atoms with Gasteiger partial charge in [0.25, 0.3) is 0 Å². The zero-order valence-electron chi connectivity index (χ0n) is 16.4. The van der Waals surface area contributed by atoms with Gasteiger partial charge in [0.2, 0.25) is 5.91 Å². The number of ether oxygens (including phenoxy) is 3. The lowest BCUT2D eigenvalue weighted by molar-refractivity contribution is -0.187. The van der Waals surface area contributed by atoms with Crippen molar-refractivity contribution in [3.63, 3.8) is 0 Å². The van der Waals surface area contributed by atoms with Gasteiger partial charge in [-0.2, -0.15) is 0 Å². The van der Waals surface area contributed by atoms with E-state index >= 15 is 0 Å². The summed E-state index contributed by atoms with van der Waals surface area (Å²) in [6.45, 7) is 4.53. The summed E-state index contributed by atoms with van der Waals surface area (Å²) in [5.74, 6) is -1.19. The van der Waals surface area contributed by atoms with Crippen molar-refractivity contribution in [2.75, 3.05) is 38.7 Å². The van der Waals surface area contributed by atoms with Gasteiger partial charge in [0, 0.05) is 41.3 Å². The van der Waals surface area contributed by atoms with Crippen molar-refractivity contribution in [3.05, 3.63) is 28.4 Å². The number of anilines is 1. The summed E-state index contributed by atoms with van der Waals surface area (Å²) in [7, 11) is 1.31. The van der Waals surface area contributed by atoms with E-state index in [1.165, 1.54) is 7.11 Å². The van der Waals surface area contributed by atoms with Crippen LogP contribution in [0.2, 0.25) is 0 Å². The molecule has 2 aromatic rings. The van der Waals surface area contributed by atoms with Crippen molar-refractivity contribution < 1.29 is 23.8 Å². The van der Waals surface area contributed by atoms with Crippen LogP contribution in [0.1, 0.15) is 30.3 Å². The molecule has 4 rings (SSSR count). The Hall–Kier alpha value is -1.94. The Morgan fingerprint density at radius 1 is 1.28 bits per heavy atom. The molecule has 0 aliphatic carbocycles. The van der Waals surface area contributed by atoms with Crippen molar-refractivity contribution >= 4 is 44.4 Å². The van der Waals surface area contributed by atoms with Crippen LogP contribution in [-0.4, -0.2) is 67.0 Å². The van der Waals surface area contributed by atoms with Gasteiger partial charge in [-0.25, -0.2) is 4.79 Å². The molecule has 1 aromatic heterocycles. The van der Waals surface area contributed by atoms with Crippen molar-refractivity contribution in [1.29, 1.82) is 0 Å². The highest BCUT2D eigenvalue weighted by molar-refractivity contribution is 9.10. The molecular formula is C20H24BrN3O5. The molecule has 29 heavy (non-hydrogen) atoms. The molecule has 1 unspecified atom stereocenters. The van der Waals surface area contributed by atoms with Crippen LogP contribution >= 0.6 is 15.9 Å². The maximum Gasteiger partial charge on any atom is 0.356 e. The first-order chi connectivity index (χ1) is 13.9. The first-order valence-electron chi connectivity index (χ1n) is 9.65. The number of likely N-dealkylation sites (tertiary alicyclic amines) is 1. The Labute approximate surface area is 177 Å². The maximum absolute atomic E-state index is 13.0. The van der Waals surface area contributed by atoms with Crippen LogP contribution in [-0.2, 0) is 19.0 Å². The fourth-order valence-electron chi connectivity index (χ4n) is 3.98. The van der Waals surface area contributed by atoms with Gasteiger partial charge < -0.3 is 24.5 Å². The first-order valence-corrected chi connectivity index (χ1v) is 10.4. The van der Waals surface area contributed by atoms with Crippen LogP contribution in [0.25, 0.3) is 10.9 Å². The molecule has 1 spiro atoms. The molecule has 8 nitrogen and oxygen atoms in total. The molecule has 9 heteroatoms. The number of fused-ring (bicyclic) bond motifs is 1. The van der Waals surface area contributed by atoms with Gasteiger partial charge in [-0.1, -0.05) is 15.9 Å². The number of esters is 1. The third kappa shape index (κ3) is 3.92. The summed E-state index contributed by atoms with van der Waals surface area (Å²) < 4.78 is 17.2. The van der Waals surface area contributed by atoms with Crippen LogP contribution in [0.4, 0.5) is 5.69 Å². The minimum absolute atomic E-state index is 0.180. The quantitative estimate of drug-likeness (QED) is 0.674. The van der Waals surface area contributed by atoms with Crippen LogP contribution in [0.3, 0.4) is 0 Å². The number of rotatable bonds is 4. The molecule has 1 aromatic carbocycles. The number of amides is 1. The number of methoxy groups -OCH3 is 1. The third-order valence-corrected chi connectivity index (χ3v) is 6.19. The lowest BCUT2D eigenvalue weighted by Crippen LogP contribution is -2.51. The fraction of sp³-hybridized carbons (Fsp3) is 0.500. The van der Waals surface area contributed by atoms with Gasteiger partial charge in [0.15, 0.2) is 5.79 Å². The molecule has 1 atom stereocenters. The summed E-state index contributed by atoms with van der Waals surface area (Å²) in [6, 6.07) is 5.20. The van der Waals surface area contributed by atoms with Crippen molar-refractivity contribution in [1.82, 2.24) is 9.88 Å². The number of aromatic nitrogens is 1. The van der Waals surface area contributed by atoms with E-state index < -0.39 is 11.8 Å². The lowest BCUT2D eigenvalue weighted by atomic mass is 10.0. The number of hydrogen-bond donors (Lipinski definition) is 2. The number of nitrogens with one attached hydrogen (secondary N) is 2. The average Bonchev–Trinajstić information content (AvgIpc) is 3.32. The predicted octanol–water partition coefficient (Wildman–Crippen LogP) is 2.88. The summed E-state index contributed by atoms with van der Waals surface area (Å²) >= 11 is 3.44. The molecule has 2 saturated heterocycles. The van der Waals surface area contributed by atoms with E-state index in [-0.39, 0.29) is 17.6 Å². The Bertz CT molecular complexity index is 928. The first kappa shape index (κ1) is 20.3. The molecule has 156 valence electrons. The van der Waals surface area contributed by atoms with E-state index in [0.29, 0.717) is 32.0 Å². The Morgan fingerprint density at radius 2 is 1.97 bits per heavy atom. The van der Waals surface area contributed by atoms with E-state index in [1.54, 1.807) is 0 Å². The largest absolute Gasteiger partial charge is 0.464 e. The standard InChI is InChI=1S/C20H24BrN3O5/c1-12(24-7-5-20(6-8-24)28-9-10-29-20)18(25)23-16-14-11-13(21)3-4-15(14)22-17(16)19(26)27-2/h3-4,11-12,22H,5-10H2,1-2H3,(H,23,25). The number of benzene rings is 1. The van der Waals surface area contributed by atoms with Crippen LogP contribution in [0.5, 0.6) is 0 Å². The number of carbonyl (C=O) groups is 2. The van der Waals surface area contributed by atoms with Crippen molar-refractivity contribution in [2.24, 2.45) is 0 Å². The number of halogens is 1. The summed E-state index contributed by atoms with van der Waals surface area (Å²) in [5.41, 5.74) is 1.40. The number of carbonyl (C=O) groups excluding carboxylic acids is 2. The van der Waals surface area contributed by atoms with Crippen LogP contribution in [0.15, 0.2) is 22.7 Å². The van der Waals surface area contributed by atoms with E-state index in [1.807, 2.05) is 25.1 Å². The zero-order valence-corrected chi connectivity index (χ0v) is 18.0. The molecule has 0 bridgehead atoms. The number of H-pyrrole nitrogens is 1. The molecule has 3 heterocycles. The highest BCUT2D eigenvalue weighted by Crippen LogP contribution is 2.33. The highest BCUT2D eigenvalue weighted by Gasteiger charge is 2.41. The average molecular weight is 466 g/mol. The smallest absolute Gasteiger partial charge is 0.356 e. The highest BCUT2D eigenvalue weighted by atomic mass is 79.9. The molecule has 2 aliphatic heterocycles. The van der Waals surface area contributed by atoms with E-state index in [2.05, 4.69) is 31.1 Å². The van der Waals surface area contributed by atoms with E-state index in [9.17, 15) is 9.59 Å². The number of nitrogens with zero attached hydrogens (tertiary/aromatic N) is 1. The van der Waals surface area contributed by atoms with Crippen LogP contribution < -0.4 is 5.32 Å². The summed E-state index contributed by atoms with van der Waals surface area (Å²) in [4.78, 5) is 30.4. The second kappa shape index (κ2) is 8.06. The van der Waals surface area contributed by atoms with Gasteiger partial charge in [-0.15, -0.1) is 0 Å². The van der Waals surface area contributed by atoms with Crippen LogP contribution in [0, 0.1) is 0 Å². The second-order valence-corrected chi connectivity index (χ2v) is 8.28. The SMILES string of the molecule is COC(=O)c1[nH]c2ccc(Br)cc2c1NC(=O)C(C)N1CCC2(CC1)OCCO2. The third-order valence-electron chi connectivity index (χ3n) is 5.70. The monoisotopic (exact) mass is 465 g/mol. The van der Waals surface area contributed by atoms with Crippen molar-refractivity contribution in [3.8, 4) is 0 Å². The molecular weight excluding hydrogens is 442 g/mol. The Balaban J connectivity index is 1.52. The molecule has 2 aliphatic rings. The minimum Gasteiger partial charge on any atom is -0.464 e.